The van der Waals surface area contributed by atoms with Crippen molar-refractivity contribution in [3.63, 3.8) is 0 Å². The first-order valence-corrected chi connectivity index (χ1v) is 4.26. The molecule has 0 spiro atoms. The topological polar surface area (TPSA) is 22.1 Å². The summed E-state index contributed by atoms with van der Waals surface area (Å²) in [6.07, 6.45) is 0. The molecule has 1 heterocycles. The average Bonchev–Trinajstić information content (AvgIpc) is 1.98. The van der Waals surface area contributed by atoms with Gasteiger partial charge in [0.2, 0.25) is 11.8 Å². The van der Waals surface area contributed by atoms with Gasteiger partial charge in [-0.1, -0.05) is 0 Å². The van der Waals surface area contributed by atoms with Crippen molar-refractivity contribution >= 4 is 22.6 Å². The zero-order valence-electron chi connectivity index (χ0n) is 5.97. The third kappa shape index (κ3) is 2.28. The standard InChI is InChI=1S/C7H7FINO/c1-2-11-7-5(9)3-4-6(8)10-7/h3-4H,2H2,1H3. The highest BCUT2D eigenvalue weighted by atomic mass is 127. The second-order valence-corrected chi connectivity index (χ2v) is 3.02. The number of aromatic nitrogens is 1. The Morgan fingerprint density at radius 3 is 3.00 bits per heavy atom. The molecule has 0 radical (unpaired) electrons. The van der Waals surface area contributed by atoms with Crippen molar-refractivity contribution in [2.45, 2.75) is 6.92 Å². The van der Waals surface area contributed by atoms with Crippen molar-refractivity contribution in [1.82, 2.24) is 4.98 Å². The molecule has 0 aromatic carbocycles. The number of hydrogen-bond donors (Lipinski definition) is 0. The molecule has 0 bridgehead atoms. The maximum absolute atomic E-state index is 12.5. The van der Waals surface area contributed by atoms with Gasteiger partial charge in [0.15, 0.2) is 0 Å². The fraction of sp³-hybridized carbons (Fsp3) is 0.286. The normalized spacial score (nSPS) is 9.73. The van der Waals surface area contributed by atoms with Gasteiger partial charge in [-0.3, -0.25) is 0 Å². The van der Waals surface area contributed by atoms with Crippen LogP contribution in [0.1, 0.15) is 6.92 Å². The van der Waals surface area contributed by atoms with Crippen LogP contribution in [0.25, 0.3) is 0 Å². The second kappa shape index (κ2) is 3.85. The molecule has 1 aromatic heterocycles. The molecule has 0 N–H and O–H groups in total. The van der Waals surface area contributed by atoms with Gasteiger partial charge in [0.25, 0.3) is 0 Å². The van der Waals surface area contributed by atoms with Crippen molar-refractivity contribution < 1.29 is 9.13 Å². The minimum atomic E-state index is -0.506. The van der Waals surface area contributed by atoms with Crippen LogP contribution in [0.15, 0.2) is 12.1 Å². The summed E-state index contributed by atoms with van der Waals surface area (Å²) in [4.78, 5) is 3.57. The van der Waals surface area contributed by atoms with E-state index in [4.69, 9.17) is 4.74 Å². The van der Waals surface area contributed by atoms with Crippen LogP contribution in [-0.2, 0) is 0 Å². The molecule has 4 heteroatoms. The predicted octanol–water partition coefficient (Wildman–Crippen LogP) is 2.22. The SMILES string of the molecule is CCOc1nc(F)ccc1I. The number of nitrogens with zero attached hydrogens (tertiary/aromatic N) is 1. The molecular weight excluding hydrogens is 260 g/mol. The molecule has 0 saturated heterocycles. The zero-order valence-corrected chi connectivity index (χ0v) is 8.13. The lowest BCUT2D eigenvalue weighted by Crippen LogP contribution is -1.97. The molecule has 0 aliphatic heterocycles. The molecule has 0 saturated carbocycles. The quantitative estimate of drug-likeness (QED) is 0.605. The summed E-state index contributed by atoms with van der Waals surface area (Å²) < 4.78 is 18.4. The van der Waals surface area contributed by atoms with E-state index < -0.39 is 5.95 Å². The van der Waals surface area contributed by atoms with Gasteiger partial charge in [-0.15, -0.1) is 0 Å². The van der Waals surface area contributed by atoms with Crippen molar-refractivity contribution in [2.24, 2.45) is 0 Å². The van der Waals surface area contributed by atoms with Crippen molar-refractivity contribution in [3.8, 4) is 5.88 Å². The Balaban J connectivity index is 2.93. The number of hydrogen-bond acceptors (Lipinski definition) is 2. The first-order valence-electron chi connectivity index (χ1n) is 3.19. The molecule has 0 aliphatic rings. The third-order valence-electron chi connectivity index (χ3n) is 1.06. The van der Waals surface area contributed by atoms with Gasteiger partial charge in [0, 0.05) is 0 Å². The molecular formula is C7H7FINO. The van der Waals surface area contributed by atoms with Crippen LogP contribution in [0, 0.1) is 9.52 Å². The van der Waals surface area contributed by atoms with Crippen LogP contribution in [0.5, 0.6) is 5.88 Å². The molecule has 0 fully saturated rings. The summed E-state index contributed by atoms with van der Waals surface area (Å²) in [5, 5.41) is 0. The van der Waals surface area contributed by atoms with Gasteiger partial charge in [0.1, 0.15) is 0 Å². The van der Waals surface area contributed by atoms with Crippen LogP contribution in [0.4, 0.5) is 4.39 Å². The minimum absolute atomic E-state index is 0.369. The van der Waals surface area contributed by atoms with Crippen molar-refractivity contribution in [3.05, 3.63) is 21.7 Å². The Morgan fingerprint density at radius 2 is 2.36 bits per heavy atom. The van der Waals surface area contributed by atoms with Crippen LogP contribution in [0.2, 0.25) is 0 Å². The lowest BCUT2D eigenvalue weighted by molar-refractivity contribution is 0.318. The van der Waals surface area contributed by atoms with E-state index in [0.717, 1.165) is 3.57 Å². The van der Waals surface area contributed by atoms with Crippen LogP contribution in [0.3, 0.4) is 0 Å². The van der Waals surface area contributed by atoms with Gasteiger partial charge in [-0.05, 0) is 41.6 Å². The van der Waals surface area contributed by atoms with Crippen LogP contribution < -0.4 is 4.74 Å². The average molecular weight is 267 g/mol. The lowest BCUT2D eigenvalue weighted by atomic mass is 10.5. The first kappa shape index (κ1) is 8.70. The smallest absolute Gasteiger partial charge is 0.229 e. The van der Waals surface area contributed by atoms with E-state index >= 15 is 0 Å². The Bertz CT molecular complexity index is 254. The summed E-state index contributed by atoms with van der Waals surface area (Å²) in [6.45, 7) is 2.34. The predicted molar refractivity (Wildman–Crippen MR) is 48.1 cm³/mol. The van der Waals surface area contributed by atoms with E-state index in [2.05, 4.69) is 4.98 Å². The minimum Gasteiger partial charge on any atom is -0.477 e. The fourth-order valence-electron chi connectivity index (χ4n) is 0.639. The summed E-state index contributed by atoms with van der Waals surface area (Å²) in [6, 6.07) is 2.94. The molecule has 0 atom stereocenters. The highest BCUT2D eigenvalue weighted by Gasteiger charge is 2.02. The van der Waals surface area contributed by atoms with Crippen LogP contribution in [-0.4, -0.2) is 11.6 Å². The molecule has 2 nitrogen and oxygen atoms in total. The molecule has 1 rings (SSSR count). The first-order chi connectivity index (χ1) is 5.24. The summed E-state index contributed by atoms with van der Waals surface area (Å²) >= 11 is 2.05. The Hall–Kier alpha value is -0.390. The maximum Gasteiger partial charge on any atom is 0.229 e. The van der Waals surface area contributed by atoms with Crippen molar-refractivity contribution in [2.75, 3.05) is 6.61 Å². The maximum atomic E-state index is 12.5. The highest BCUT2D eigenvalue weighted by molar-refractivity contribution is 14.1. The van der Waals surface area contributed by atoms with Crippen molar-refractivity contribution in [1.29, 1.82) is 0 Å². The molecule has 11 heavy (non-hydrogen) atoms. The zero-order chi connectivity index (χ0) is 8.27. The van der Waals surface area contributed by atoms with E-state index in [1.807, 2.05) is 29.5 Å². The molecule has 0 unspecified atom stereocenters. The largest absolute Gasteiger partial charge is 0.477 e. The summed E-state index contributed by atoms with van der Waals surface area (Å²) in [5.41, 5.74) is 0. The van der Waals surface area contributed by atoms with Gasteiger partial charge in [-0.25, -0.2) is 0 Å². The Morgan fingerprint density at radius 1 is 1.64 bits per heavy atom. The van der Waals surface area contributed by atoms with E-state index in [9.17, 15) is 4.39 Å². The number of ether oxygens (including phenoxy) is 1. The van der Waals surface area contributed by atoms with E-state index in [1.165, 1.54) is 6.07 Å². The van der Waals surface area contributed by atoms with Gasteiger partial charge >= 0.3 is 0 Å². The number of pyridine rings is 1. The fourth-order valence-corrected chi connectivity index (χ4v) is 1.09. The highest BCUT2D eigenvalue weighted by Crippen LogP contribution is 2.17. The summed E-state index contributed by atoms with van der Waals surface area (Å²) in [5.74, 6) is -0.137. The van der Waals surface area contributed by atoms with E-state index in [-0.39, 0.29) is 0 Å². The number of halogens is 2. The van der Waals surface area contributed by atoms with Crippen LogP contribution >= 0.6 is 22.6 Å². The van der Waals surface area contributed by atoms with Gasteiger partial charge < -0.3 is 4.74 Å². The number of rotatable bonds is 2. The molecule has 1 aromatic rings. The Labute approximate surface area is 77.9 Å². The molecule has 0 aliphatic carbocycles. The third-order valence-corrected chi connectivity index (χ3v) is 1.88. The van der Waals surface area contributed by atoms with E-state index in [1.54, 1.807) is 6.07 Å². The second-order valence-electron chi connectivity index (χ2n) is 1.85. The monoisotopic (exact) mass is 267 g/mol. The van der Waals surface area contributed by atoms with E-state index in [0.29, 0.717) is 12.5 Å². The lowest BCUT2D eigenvalue weighted by Gasteiger charge is -2.02. The van der Waals surface area contributed by atoms with Gasteiger partial charge in [-0.2, -0.15) is 9.37 Å². The molecule has 60 valence electrons. The Kier molecular flexibility index (Phi) is 3.04. The summed E-state index contributed by atoms with van der Waals surface area (Å²) in [7, 11) is 0. The van der Waals surface area contributed by atoms with Gasteiger partial charge in [0.05, 0.1) is 10.2 Å². The molecule has 0 amide bonds.